The first kappa shape index (κ1) is 20.1. The van der Waals surface area contributed by atoms with Crippen molar-refractivity contribution in [3.05, 3.63) is 30.1 Å². The molecule has 1 atom stereocenters. The first-order chi connectivity index (χ1) is 13.1. The minimum absolute atomic E-state index is 0.0598. The Hall–Kier alpha value is -1.62. The molecule has 2 aliphatic rings. The third-order valence-corrected chi connectivity index (χ3v) is 6.40. The largest absolute Gasteiger partial charge is 0.331 e. The van der Waals surface area contributed by atoms with E-state index in [0.29, 0.717) is 0 Å². The van der Waals surface area contributed by atoms with Crippen molar-refractivity contribution < 1.29 is 4.79 Å². The van der Waals surface area contributed by atoms with Gasteiger partial charge in [0.15, 0.2) is 0 Å². The van der Waals surface area contributed by atoms with Crippen LogP contribution in [0.2, 0.25) is 0 Å². The van der Waals surface area contributed by atoms with Crippen molar-refractivity contribution in [2.45, 2.75) is 76.3 Å². The van der Waals surface area contributed by atoms with Gasteiger partial charge in [0.25, 0.3) is 0 Å². The number of nitrogens with zero attached hydrogens (tertiary/aromatic N) is 3. The number of hydrogen-bond acceptors (Lipinski definition) is 3. The Bertz CT molecular complexity index is 579. The van der Waals surface area contributed by atoms with Crippen LogP contribution in [0.25, 0.3) is 0 Å². The van der Waals surface area contributed by atoms with E-state index in [9.17, 15) is 4.79 Å². The van der Waals surface area contributed by atoms with Gasteiger partial charge in [-0.3, -0.25) is 4.98 Å². The fourth-order valence-electron chi connectivity index (χ4n) is 4.86. The number of pyridine rings is 1. The van der Waals surface area contributed by atoms with Crippen LogP contribution in [0.5, 0.6) is 0 Å². The van der Waals surface area contributed by atoms with Gasteiger partial charge in [-0.25, -0.2) is 4.79 Å². The van der Waals surface area contributed by atoms with Gasteiger partial charge in [-0.1, -0.05) is 38.7 Å². The summed E-state index contributed by atoms with van der Waals surface area (Å²) in [5.74, 6) is 0. The van der Waals surface area contributed by atoms with E-state index in [2.05, 4.69) is 28.2 Å². The van der Waals surface area contributed by atoms with Crippen LogP contribution in [0.3, 0.4) is 0 Å². The number of carbonyl (C=O) groups excluding carboxylic acids is 1. The average Bonchev–Trinajstić information content (AvgIpc) is 2.70. The van der Waals surface area contributed by atoms with Crippen LogP contribution >= 0.6 is 0 Å². The lowest BCUT2D eigenvalue weighted by atomic mass is 9.81. The second-order valence-electron chi connectivity index (χ2n) is 8.43. The highest BCUT2D eigenvalue weighted by molar-refractivity contribution is 5.75. The van der Waals surface area contributed by atoms with Gasteiger partial charge in [-0.2, -0.15) is 0 Å². The van der Waals surface area contributed by atoms with Crippen molar-refractivity contribution in [1.82, 2.24) is 20.1 Å². The van der Waals surface area contributed by atoms with Crippen LogP contribution in [0.1, 0.15) is 76.3 Å². The molecule has 0 radical (unpaired) electrons. The molecule has 0 spiro atoms. The highest BCUT2D eigenvalue weighted by Crippen LogP contribution is 2.31. The van der Waals surface area contributed by atoms with Crippen LogP contribution in [0, 0.1) is 0 Å². The van der Waals surface area contributed by atoms with E-state index in [0.717, 1.165) is 31.4 Å². The Balaban J connectivity index is 1.69. The van der Waals surface area contributed by atoms with Gasteiger partial charge in [0.2, 0.25) is 0 Å². The molecule has 150 valence electrons. The van der Waals surface area contributed by atoms with Crippen molar-refractivity contribution in [2.75, 3.05) is 26.7 Å². The summed E-state index contributed by atoms with van der Waals surface area (Å²) in [4.78, 5) is 21.9. The molecule has 2 heterocycles. The molecule has 0 bridgehead atoms. The fourth-order valence-corrected chi connectivity index (χ4v) is 4.86. The van der Waals surface area contributed by atoms with Crippen LogP contribution in [-0.2, 0) is 0 Å². The normalized spacial score (nSPS) is 21.4. The number of hydrogen-bond donors (Lipinski definition) is 1. The Labute approximate surface area is 164 Å². The Kier molecular flexibility index (Phi) is 7.11. The lowest BCUT2D eigenvalue weighted by molar-refractivity contribution is 0.115. The first-order valence-electron chi connectivity index (χ1n) is 10.8. The van der Waals surface area contributed by atoms with E-state index in [1.165, 1.54) is 51.6 Å². The molecule has 3 rings (SSSR count). The number of urea groups is 1. The molecule has 27 heavy (non-hydrogen) atoms. The molecule has 1 aromatic rings. The van der Waals surface area contributed by atoms with Gasteiger partial charge >= 0.3 is 6.03 Å². The molecule has 1 saturated heterocycles. The molecular formula is C22H36N4O. The van der Waals surface area contributed by atoms with E-state index in [1.54, 1.807) is 6.20 Å². The number of nitrogens with one attached hydrogen (secondary N) is 1. The number of amides is 2. The Morgan fingerprint density at radius 1 is 1.22 bits per heavy atom. The highest BCUT2D eigenvalue weighted by atomic mass is 16.2. The molecule has 5 nitrogen and oxygen atoms in total. The first-order valence-corrected chi connectivity index (χ1v) is 10.8. The standard InChI is InChI=1S/C22H36N4O/c1-3-20(19-11-10-14-23-17-19)25(2)21(27)24-22(12-6-4-7-13-22)18-26-15-8-5-9-16-26/h10-11,14,17,20H,3-9,12-13,15-16,18H2,1-2H3,(H,24,27). The summed E-state index contributed by atoms with van der Waals surface area (Å²) in [5, 5.41) is 3.49. The molecule has 5 heteroatoms. The monoisotopic (exact) mass is 372 g/mol. The zero-order valence-electron chi connectivity index (χ0n) is 17.1. The highest BCUT2D eigenvalue weighted by Gasteiger charge is 2.37. The topological polar surface area (TPSA) is 48.5 Å². The maximum atomic E-state index is 13.2. The van der Waals surface area contributed by atoms with Crippen molar-refractivity contribution in [2.24, 2.45) is 0 Å². The molecule has 2 amide bonds. The second kappa shape index (κ2) is 9.54. The molecular weight excluding hydrogens is 336 g/mol. The molecule has 1 aromatic heterocycles. The van der Waals surface area contributed by atoms with Gasteiger partial charge in [0.1, 0.15) is 0 Å². The van der Waals surface area contributed by atoms with E-state index in [-0.39, 0.29) is 17.6 Å². The molecule has 2 fully saturated rings. The SMILES string of the molecule is CCC(c1cccnc1)N(C)C(=O)NC1(CN2CCCCC2)CCCCC1. The number of likely N-dealkylation sites (tertiary alicyclic amines) is 1. The molecule has 1 aliphatic carbocycles. The lowest BCUT2D eigenvalue weighted by Gasteiger charge is -2.44. The quantitative estimate of drug-likeness (QED) is 0.807. The minimum atomic E-state index is -0.0613. The third kappa shape index (κ3) is 5.22. The maximum Gasteiger partial charge on any atom is 0.318 e. The minimum Gasteiger partial charge on any atom is -0.331 e. The number of rotatable bonds is 6. The Morgan fingerprint density at radius 3 is 2.56 bits per heavy atom. The molecule has 0 aromatic carbocycles. The number of carbonyl (C=O) groups is 1. The van der Waals surface area contributed by atoms with Crippen molar-refractivity contribution in [3.63, 3.8) is 0 Å². The molecule has 1 unspecified atom stereocenters. The summed E-state index contributed by atoms with van der Waals surface area (Å²) in [5.41, 5.74) is 1.04. The van der Waals surface area contributed by atoms with Gasteiger partial charge in [0.05, 0.1) is 11.6 Å². The van der Waals surface area contributed by atoms with Crippen molar-refractivity contribution in [1.29, 1.82) is 0 Å². The lowest BCUT2D eigenvalue weighted by Crippen LogP contribution is -2.59. The maximum absolute atomic E-state index is 13.2. The van der Waals surface area contributed by atoms with E-state index in [4.69, 9.17) is 0 Å². The summed E-state index contributed by atoms with van der Waals surface area (Å²) in [6, 6.07) is 4.14. The Morgan fingerprint density at radius 2 is 1.93 bits per heavy atom. The predicted molar refractivity (Wildman–Crippen MR) is 110 cm³/mol. The van der Waals surface area contributed by atoms with E-state index >= 15 is 0 Å². The van der Waals surface area contributed by atoms with E-state index in [1.807, 2.05) is 24.2 Å². The summed E-state index contributed by atoms with van der Waals surface area (Å²) >= 11 is 0. The van der Waals surface area contributed by atoms with Gasteiger partial charge in [0, 0.05) is 26.0 Å². The number of piperidine rings is 1. The van der Waals surface area contributed by atoms with Crippen LogP contribution in [-0.4, -0.2) is 53.0 Å². The summed E-state index contributed by atoms with van der Waals surface area (Å²) in [7, 11) is 1.92. The van der Waals surface area contributed by atoms with Crippen LogP contribution in [0.15, 0.2) is 24.5 Å². The smallest absolute Gasteiger partial charge is 0.318 e. The van der Waals surface area contributed by atoms with Crippen LogP contribution in [0.4, 0.5) is 4.79 Å². The fraction of sp³-hybridized carbons (Fsp3) is 0.727. The zero-order chi connectivity index (χ0) is 19.1. The number of aromatic nitrogens is 1. The summed E-state index contributed by atoms with van der Waals surface area (Å²) < 4.78 is 0. The van der Waals surface area contributed by atoms with Gasteiger partial charge < -0.3 is 15.1 Å². The summed E-state index contributed by atoms with van der Waals surface area (Å²) in [6.45, 7) is 5.50. The molecule has 1 N–H and O–H groups in total. The summed E-state index contributed by atoms with van der Waals surface area (Å²) in [6.07, 6.45) is 14.4. The van der Waals surface area contributed by atoms with Gasteiger partial charge in [-0.05, 0) is 56.8 Å². The van der Waals surface area contributed by atoms with Crippen LogP contribution < -0.4 is 5.32 Å². The average molecular weight is 373 g/mol. The van der Waals surface area contributed by atoms with E-state index < -0.39 is 0 Å². The third-order valence-electron chi connectivity index (χ3n) is 6.40. The second-order valence-corrected chi connectivity index (χ2v) is 8.43. The predicted octanol–water partition coefficient (Wildman–Crippen LogP) is 4.36. The van der Waals surface area contributed by atoms with Crippen molar-refractivity contribution in [3.8, 4) is 0 Å². The van der Waals surface area contributed by atoms with Gasteiger partial charge in [-0.15, -0.1) is 0 Å². The molecule has 1 aliphatic heterocycles. The van der Waals surface area contributed by atoms with Crippen molar-refractivity contribution >= 4 is 6.03 Å². The zero-order valence-corrected chi connectivity index (χ0v) is 17.1. The molecule has 1 saturated carbocycles.